The van der Waals surface area contributed by atoms with E-state index in [0.717, 1.165) is 67.4 Å². The molecule has 1 aromatic heterocycles. The van der Waals surface area contributed by atoms with Crippen molar-refractivity contribution in [2.45, 2.75) is 5.41 Å². The van der Waals surface area contributed by atoms with Crippen LogP contribution in [0.25, 0.3) is 67.3 Å². The SMILES string of the molecule is N#Cc1cccc(-c2ccc3c(c2)C2(c4ccccc4Oc4ccc(-c5cc(-c6ccc(-c7ccccc7)cc6)nc(-c6ccccc6)n5)cc42)c2ccccc2-3)c1. The van der Waals surface area contributed by atoms with E-state index in [4.69, 9.17) is 14.7 Å². The second-order valence-corrected chi connectivity index (χ2v) is 14.8. The van der Waals surface area contributed by atoms with E-state index in [2.05, 4.69) is 158 Å². The maximum atomic E-state index is 9.76. The number of fused-ring (bicyclic) bond motifs is 9. The highest BCUT2D eigenvalue weighted by Gasteiger charge is 2.51. The van der Waals surface area contributed by atoms with Crippen molar-refractivity contribution in [3.05, 3.63) is 228 Å². The molecule has 4 heteroatoms. The summed E-state index contributed by atoms with van der Waals surface area (Å²) in [5, 5.41) is 9.76. The van der Waals surface area contributed by atoms with E-state index < -0.39 is 5.41 Å². The fraction of sp³-hybridized carbons (Fsp3) is 0.0185. The predicted molar refractivity (Wildman–Crippen MR) is 231 cm³/mol. The van der Waals surface area contributed by atoms with Crippen molar-refractivity contribution >= 4 is 0 Å². The van der Waals surface area contributed by atoms with E-state index >= 15 is 0 Å². The monoisotopic (exact) mass is 739 g/mol. The highest BCUT2D eigenvalue weighted by atomic mass is 16.5. The van der Waals surface area contributed by atoms with Crippen molar-refractivity contribution in [1.82, 2.24) is 9.97 Å². The van der Waals surface area contributed by atoms with Crippen LogP contribution >= 0.6 is 0 Å². The Hall–Kier alpha value is -7.87. The van der Waals surface area contributed by atoms with Crippen molar-refractivity contribution in [3.63, 3.8) is 0 Å². The van der Waals surface area contributed by atoms with E-state index in [1.807, 2.05) is 48.5 Å². The fourth-order valence-electron chi connectivity index (χ4n) is 8.93. The lowest BCUT2D eigenvalue weighted by Crippen LogP contribution is -2.32. The van der Waals surface area contributed by atoms with Gasteiger partial charge in [-0.3, -0.25) is 0 Å². The molecular weight excluding hydrogens is 707 g/mol. The summed E-state index contributed by atoms with van der Waals surface area (Å²) < 4.78 is 6.80. The molecule has 1 aliphatic carbocycles. The molecule has 0 N–H and O–H groups in total. The third-order valence-corrected chi connectivity index (χ3v) is 11.6. The molecule has 9 aromatic rings. The quantitative estimate of drug-likeness (QED) is 0.176. The number of hydrogen-bond acceptors (Lipinski definition) is 4. The zero-order chi connectivity index (χ0) is 38.6. The van der Waals surface area contributed by atoms with Gasteiger partial charge in [-0.25, -0.2) is 9.97 Å². The number of rotatable bonds is 5. The lowest BCUT2D eigenvalue weighted by atomic mass is 9.65. The van der Waals surface area contributed by atoms with Crippen LogP contribution < -0.4 is 4.74 Å². The minimum atomic E-state index is -0.694. The molecule has 58 heavy (non-hydrogen) atoms. The topological polar surface area (TPSA) is 58.8 Å². The molecule has 1 aliphatic heterocycles. The first-order chi connectivity index (χ1) is 28.7. The number of para-hydroxylation sites is 1. The summed E-state index contributed by atoms with van der Waals surface area (Å²) in [6.45, 7) is 0. The first-order valence-electron chi connectivity index (χ1n) is 19.4. The Bertz CT molecular complexity index is 3090. The highest BCUT2D eigenvalue weighted by molar-refractivity contribution is 5.91. The lowest BCUT2D eigenvalue weighted by Gasteiger charge is -2.39. The number of benzene rings is 8. The average molecular weight is 740 g/mol. The Morgan fingerprint density at radius 2 is 0.931 bits per heavy atom. The Kier molecular flexibility index (Phi) is 7.74. The molecule has 8 aromatic carbocycles. The van der Waals surface area contributed by atoms with Crippen LogP contribution in [0.5, 0.6) is 11.5 Å². The first-order valence-corrected chi connectivity index (χ1v) is 19.4. The molecule has 1 spiro atoms. The maximum Gasteiger partial charge on any atom is 0.160 e. The van der Waals surface area contributed by atoms with Crippen molar-refractivity contribution in [1.29, 1.82) is 5.26 Å². The summed E-state index contributed by atoms with van der Waals surface area (Å²) in [5.74, 6) is 2.29. The Balaban J connectivity index is 1.13. The van der Waals surface area contributed by atoms with Crippen LogP contribution in [0.4, 0.5) is 0 Å². The standard InChI is InChI=1S/C54H33N3O/c55-34-35-12-11-17-40(30-35)41-26-28-44-43-18-7-8-19-45(43)54(47(44)31-41)46-20-9-10-21-51(46)58-52-29-27-42(32-48(52)54)50-33-49(56-53(57-50)39-15-5-2-6-16-39)38-24-22-37(23-25-38)36-13-3-1-4-14-36/h1-33H. The van der Waals surface area contributed by atoms with Crippen molar-refractivity contribution in [3.8, 4) is 84.9 Å². The number of ether oxygens (including phenoxy) is 1. The molecule has 1 atom stereocenters. The van der Waals surface area contributed by atoms with E-state index in [0.29, 0.717) is 11.4 Å². The molecule has 2 heterocycles. The molecule has 2 aliphatic rings. The summed E-state index contributed by atoms with van der Waals surface area (Å²) in [6, 6.07) is 71.9. The van der Waals surface area contributed by atoms with Gasteiger partial charge in [-0.1, -0.05) is 152 Å². The van der Waals surface area contributed by atoms with Gasteiger partial charge in [-0.15, -0.1) is 0 Å². The van der Waals surface area contributed by atoms with Gasteiger partial charge >= 0.3 is 0 Å². The Labute approximate surface area is 337 Å². The summed E-state index contributed by atoms with van der Waals surface area (Å²) >= 11 is 0. The minimum Gasteiger partial charge on any atom is -0.457 e. The molecule has 0 saturated carbocycles. The van der Waals surface area contributed by atoms with Gasteiger partial charge in [0.05, 0.1) is 28.4 Å². The fourth-order valence-corrected chi connectivity index (χ4v) is 8.93. The predicted octanol–water partition coefficient (Wildman–Crippen LogP) is 13.2. The van der Waals surface area contributed by atoms with Crippen LogP contribution in [-0.2, 0) is 5.41 Å². The third-order valence-electron chi connectivity index (χ3n) is 11.6. The minimum absolute atomic E-state index is 0.633. The van der Waals surface area contributed by atoms with Crippen molar-refractivity contribution in [2.24, 2.45) is 0 Å². The van der Waals surface area contributed by atoms with Crippen LogP contribution in [0.2, 0.25) is 0 Å². The molecular formula is C54H33N3O. The summed E-state index contributed by atoms with van der Waals surface area (Å²) in [4.78, 5) is 10.4. The van der Waals surface area contributed by atoms with Crippen LogP contribution in [0, 0.1) is 11.3 Å². The summed E-state index contributed by atoms with van der Waals surface area (Å²) in [5.41, 5.74) is 15.8. The number of aromatic nitrogens is 2. The molecule has 4 nitrogen and oxygen atoms in total. The van der Waals surface area contributed by atoms with Gasteiger partial charge in [0, 0.05) is 27.8 Å². The number of nitriles is 1. The maximum absolute atomic E-state index is 9.76. The Morgan fingerprint density at radius 3 is 1.72 bits per heavy atom. The first kappa shape index (κ1) is 33.5. The van der Waals surface area contributed by atoms with Crippen molar-refractivity contribution in [2.75, 3.05) is 0 Å². The molecule has 0 saturated heterocycles. The van der Waals surface area contributed by atoms with E-state index in [9.17, 15) is 5.26 Å². The lowest BCUT2D eigenvalue weighted by molar-refractivity contribution is 0.436. The molecule has 11 rings (SSSR count). The third kappa shape index (κ3) is 5.29. The van der Waals surface area contributed by atoms with Crippen LogP contribution in [-0.4, -0.2) is 9.97 Å². The number of hydrogen-bond donors (Lipinski definition) is 0. The van der Waals surface area contributed by atoms with E-state index in [-0.39, 0.29) is 0 Å². The molecule has 0 radical (unpaired) electrons. The number of nitrogens with zero attached hydrogens (tertiary/aromatic N) is 3. The highest BCUT2D eigenvalue weighted by Crippen LogP contribution is 2.62. The van der Waals surface area contributed by atoms with Crippen molar-refractivity contribution < 1.29 is 4.74 Å². The van der Waals surface area contributed by atoms with Gasteiger partial charge < -0.3 is 4.74 Å². The summed E-state index contributed by atoms with van der Waals surface area (Å²) in [7, 11) is 0. The second-order valence-electron chi connectivity index (χ2n) is 14.8. The normalized spacial score (nSPS) is 14.4. The largest absolute Gasteiger partial charge is 0.457 e. The molecule has 0 amide bonds. The zero-order valence-electron chi connectivity index (χ0n) is 31.3. The van der Waals surface area contributed by atoms with Gasteiger partial charge in [0.1, 0.15) is 11.5 Å². The molecule has 0 bridgehead atoms. The van der Waals surface area contributed by atoms with Gasteiger partial charge in [0.25, 0.3) is 0 Å². The second kappa shape index (κ2) is 13.4. The molecule has 270 valence electrons. The smallest absolute Gasteiger partial charge is 0.160 e. The van der Waals surface area contributed by atoms with Gasteiger partial charge in [0.2, 0.25) is 0 Å². The Morgan fingerprint density at radius 1 is 0.379 bits per heavy atom. The molecule has 0 fully saturated rings. The van der Waals surface area contributed by atoms with Gasteiger partial charge in [0.15, 0.2) is 5.82 Å². The van der Waals surface area contributed by atoms with Gasteiger partial charge in [-0.05, 0) is 93.0 Å². The van der Waals surface area contributed by atoms with Crippen LogP contribution in [0.1, 0.15) is 27.8 Å². The van der Waals surface area contributed by atoms with Crippen LogP contribution in [0.3, 0.4) is 0 Å². The van der Waals surface area contributed by atoms with Gasteiger partial charge in [-0.2, -0.15) is 5.26 Å². The van der Waals surface area contributed by atoms with Crippen LogP contribution in [0.15, 0.2) is 200 Å². The van der Waals surface area contributed by atoms with E-state index in [1.54, 1.807) is 0 Å². The average Bonchev–Trinajstić information content (AvgIpc) is 3.59. The summed E-state index contributed by atoms with van der Waals surface area (Å²) in [6.07, 6.45) is 0. The zero-order valence-corrected chi connectivity index (χ0v) is 31.3. The molecule has 1 unspecified atom stereocenters. The van der Waals surface area contributed by atoms with E-state index in [1.165, 1.54) is 27.8 Å².